The molecule has 0 spiro atoms. The van der Waals surface area contributed by atoms with Crippen molar-refractivity contribution < 1.29 is 19.1 Å². The predicted molar refractivity (Wildman–Crippen MR) is 105 cm³/mol. The van der Waals surface area contributed by atoms with Crippen LogP contribution in [-0.4, -0.2) is 24.1 Å². The van der Waals surface area contributed by atoms with Crippen molar-refractivity contribution in [3.63, 3.8) is 0 Å². The third-order valence-electron chi connectivity index (χ3n) is 3.68. The maximum Gasteiger partial charge on any atom is 0.348 e. The van der Waals surface area contributed by atoms with E-state index in [-0.39, 0.29) is 17.2 Å². The maximum absolute atomic E-state index is 12.7. The number of hydrogen-bond acceptors (Lipinski definition) is 6. The molecule has 0 aliphatic rings. The van der Waals surface area contributed by atoms with Gasteiger partial charge in [-0.25, -0.2) is 4.79 Å². The fraction of sp³-hybridized carbons (Fsp3) is 0.316. The molecule has 0 saturated carbocycles. The van der Waals surface area contributed by atoms with Gasteiger partial charge in [-0.05, 0) is 57.5 Å². The van der Waals surface area contributed by atoms with E-state index in [2.05, 4.69) is 5.32 Å². The molecule has 1 N–H and O–H groups in total. The largest absolute Gasteiger partial charge is 0.478 e. The van der Waals surface area contributed by atoms with Gasteiger partial charge in [-0.2, -0.15) is 5.26 Å². The van der Waals surface area contributed by atoms with Crippen LogP contribution < -0.4 is 10.1 Å². The third kappa shape index (κ3) is 4.79. The molecule has 0 aliphatic carbocycles. The highest BCUT2D eigenvalue weighted by Gasteiger charge is 2.32. The van der Waals surface area contributed by atoms with Gasteiger partial charge in [0.15, 0.2) is 5.60 Å². The average molecular weight is 407 g/mol. The molecule has 1 aromatic heterocycles. The Balaban J connectivity index is 2.23. The minimum atomic E-state index is -1.22. The van der Waals surface area contributed by atoms with Crippen LogP contribution in [0.2, 0.25) is 5.02 Å². The molecule has 1 aromatic carbocycles. The van der Waals surface area contributed by atoms with E-state index in [0.717, 1.165) is 11.3 Å². The number of rotatable bonds is 6. The Bertz CT molecular complexity index is 898. The van der Waals surface area contributed by atoms with Crippen LogP contribution in [0.15, 0.2) is 24.3 Å². The van der Waals surface area contributed by atoms with Gasteiger partial charge in [-0.3, -0.25) is 4.79 Å². The zero-order valence-corrected chi connectivity index (χ0v) is 17.0. The first-order valence-electron chi connectivity index (χ1n) is 8.16. The summed E-state index contributed by atoms with van der Waals surface area (Å²) < 4.78 is 10.7. The van der Waals surface area contributed by atoms with Crippen molar-refractivity contribution in [2.45, 2.75) is 33.3 Å². The van der Waals surface area contributed by atoms with E-state index in [0.29, 0.717) is 21.2 Å². The first-order chi connectivity index (χ1) is 12.7. The fourth-order valence-electron chi connectivity index (χ4n) is 2.22. The van der Waals surface area contributed by atoms with Gasteiger partial charge in [-0.15, -0.1) is 11.3 Å². The number of benzene rings is 1. The van der Waals surface area contributed by atoms with E-state index in [4.69, 9.17) is 21.1 Å². The molecular formula is C19H19ClN2O4S. The number of hydrogen-bond donors (Lipinski definition) is 1. The van der Waals surface area contributed by atoms with Gasteiger partial charge in [0.1, 0.15) is 21.7 Å². The fourth-order valence-corrected chi connectivity index (χ4v) is 3.40. The number of halogens is 1. The SMILES string of the molecule is CCOC(=O)c1sc(NC(=O)C(C)(C)Oc2ccc(Cl)cc2)c(C#N)c1C. The smallest absolute Gasteiger partial charge is 0.348 e. The zero-order valence-electron chi connectivity index (χ0n) is 15.4. The summed E-state index contributed by atoms with van der Waals surface area (Å²) in [5.74, 6) is -0.492. The molecule has 0 bridgehead atoms. The molecule has 0 saturated heterocycles. The van der Waals surface area contributed by atoms with E-state index < -0.39 is 17.5 Å². The van der Waals surface area contributed by atoms with Crippen LogP contribution in [0.5, 0.6) is 5.75 Å². The second-order valence-corrected chi connectivity index (χ2v) is 7.57. The number of esters is 1. The van der Waals surface area contributed by atoms with Gasteiger partial charge in [0.25, 0.3) is 5.91 Å². The van der Waals surface area contributed by atoms with Crippen LogP contribution in [-0.2, 0) is 9.53 Å². The molecule has 0 aliphatic heterocycles. The highest BCUT2D eigenvalue weighted by atomic mass is 35.5. The Morgan fingerprint density at radius 2 is 1.93 bits per heavy atom. The summed E-state index contributed by atoms with van der Waals surface area (Å²) in [6.07, 6.45) is 0. The van der Waals surface area contributed by atoms with Crippen LogP contribution in [0.25, 0.3) is 0 Å². The molecule has 0 unspecified atom stereocenters. The van der Waals surface area contributed by atoms with Crippen molar-refractivity contribution in [2.75, 3.05) is 11.9 Å². The summed E-state index contributed by atoms with van der Waals surface area (Å²) in [5, 5.41) is 12.9. The summed E-state index contributed by atoms with van der Waals surface area (Å²) in [6, 6.07) is 8.66. The van der Waals surface area contributed by atoms with Gasteiger partial charge in [-0.1, -0.05) is 11.6 Å². The average Bonchev–Trinajstić information content (AvgIpc) is 2.92. The number of amides is 1. The number of carbonyl (C=O) groups is 2. The Kier molecular flexibility index (Phi) is 6.47. The molecule has 0 radical (unpaired) electrons. The van der Waals surface area contributed by atoms with Crippen molar-refractivity contribution in [3.05, 3.63) is 45.3 Å². The lowest BCUT2D eigenvalue weighted by Gasteiger charge is -2.25. The van der Waals surface area contributed by atoms with Crippen LogP contribution in [0.3, 0.4) is 0 Å². The second-order valence-electron chi connectivity index (χ2n) is 6.11. The van der Waals surface area contributed by atoms with Gasteiger partial charge in [0.2, 0.25) is 0 Å². The van der Waals surface area contributed by atoms with Crippen LogP contribution in [0, 0.1) is 18.3 Å². The highest BCUT2D eigenvalue weighted by Crippen LogP contribution is 2.34. The van der Waals surface area contributed by atoms with Crippen LogP contribution >= 0.6 is 22.9 Å². The molecule has 2 rings (SSSR count). The number of anilines is 1. The number of ether oxygens (including phenoxy) is 2. The van der Waals surface area contributed by atoms with Crippen molar-refractivity contribution >= 4 is 39.8 Å². The zero-order chi connectivity index (χ0) is 20.2. The summed E-state index contributed by atoms with van der Waals surface area (Å²) in [5.41, 5.74) is -0.505. The highest BCUT2D eigenvalue weighted by molar-refractivity contribution is 7.18. The summed E-state index contributed by atoms with van der Waals surface area (Å²) in [7, 11) is 0. The molecule has 0 atom stereocenters. The topological polar surface area (TPSA) is 88.4 Å². The first-order valence-corrected chi connectivity index (χ1v) is 9.35. The van der Waals surface area contributed by atoms with Crippen molar-refractivity contribution in [2.24, 2.45) is 0 Å². The monoisotopic (exact) mass is 406 g/mol. The summed E-state index contributed by atoms with van der Waals surface area (Å²) >= 11 is 6.86. The first kappa shape index (κ1) is 20.7. The third-order valence-corrected chi connectivity index (χ3v) is 5.12. The van der Waals surface area contributed by atoms with Crippen molar-refractivity contribution in [3.8, 4) is 11.8 Å². The number of thiophene rings is 1. The lowest BCUT2D eigenvalue weighted by molar-refractivity contribution is -0.128. The van der Waals surface area contributed by atoms with E-state index in [1.807, 2.05) is 6.07 Å². The molecule has 27 heavy (non-hydrogen) atoms. The number of nitriles is 1. The normalized spacial score (nSPS) is 10.8. The minimum absolute atomic E-state index is 0.224. The lowest BCUT2D eigenvalue weighted by Crippen LogP contribution is -2.42. The van der Waals surface area contributed by atoms with Crippen molar-refractivity contribution in [1.82, 2.24) is 0 Å². The van der Waals surface area contributed by atoms with Crippen LogP contribution in [0.4, 0.5) is 5.00 Å². The molecule has 1 heterocycles. The maximum atomic E-state index is 12.7. The molecule has 8 heteroatoms. The standard InChI is InChI=1S/C19H19ClN2O4S/c1-5-25-17(23)15-11(2)14(10-21)16(27-15)22-18(24)19(3,4)26-13-8-6-12(20)7-9-13/h6-9H,5H2,1-4H3,(H,22,24). The van der Waals surface area contributed by atoms with E-state index in [1.165, 1.54) is 0 Å². The summed E-state index contributed by atoms with van der Waals surface area (Å²) in [4.78, 5) is 25.0. The minimum Gasteiger partial charge on any atom is -0.478 e. The Morgan fingerprint density at radius 1 is 1.30 bits per heavy atom. The number of nitrogens with zero attached hydrogens (tertiary/aromatic N) is 1. The van der Waals surface area contributed by atoms with Crippen LogP contribution in [0.1, 0.15) is 41.6 Å². The van der Waals surface area contributed by atoms with E-state index in [9.17, 15) is 14.9 Å². The molecule has 142 valence electrons. The van der Waals surface area contributed by atoms with Gasteiger partial charge >= 0.3 is 5.97 Å². The van der Waals surface area contributed by atoms with Crippen molar-refractivity contribution in [1.29, 1.82) is 5.26 Å². The Labute approximate surface area is 166 Å². The molecule has 1 amide bonds. The summed E-state index contributed by atoms with van der Waals surface area (Å²) in [6.45, 7) is 6.78. The van der Waals surface area contributed by atoms with E-state index >= 15 is 0 Å². The van der Waals surface area contributed by atoms with Gasteiger partial charge in [0.05, 0.1) is 12.2 Å². The van der Waals surface area contributed by atoms with E-state index in [1.54, 1.807) is 52.0 Å². The van der Waals surface area contributed by atoms with Gasteiger partial charge < -0.3 is 14.8 Å². The number of nitrogens with one attached hydrogen (secondary N) is 1. The predicted octanol–water partition coefficient (Wildman–Crippen LogP) is 4.55. The molecular weight excluding hydrogens is 388 g/mol. The number of carbonyl (C=O) groups excluding carboxylic acids is 2. The second kappa shape index (κ2) is 8.42. The molecule has 0 fully saturated rings. The Hall–Kier alpha value is -2.56. The van der Waals surface area contributed by atoms with Gasteiger partial charge in [0, 0.05) is 5.02 Å². The molecule has 6 nitrogen and oxygen atoms in total. The Morgan fingerprint density at radius 3 is 2.48 bits per heavy atom. The lowest BCUT2D eigenvalue weighted by atomic mass is 10.1. The molecule has 2 aromatic rings. The quantitative estimate of drug-likeness (QED) is 0.710.